The Kier molecular flexibility index (Phi) is 4.37. The molecule has 1 aromatic carbocycles. The van der Waals surface area contributed by atoms with Gasteiger partial charge in [0.25, 0.3) is 5.97 Å². The first-order chi connectivity index (χ1) is 13.6. The maximum Gasteiger partial charge on any atom is 0.279 e. The first kappa shape index (κ1) is 19.8. The van der Waals surface area contributed by atoms with Gasteiger partial charge in [-0.15, -0.1) is 0 Å². The largest absolute Gasteiger partial charge is 0.493 e. The fourth-order valence-electron chi connectivity index (χ4n) is 4.59. The van der Waals surface area contributed by atoms with Crippen molar-refractivity contribution in [3.8, 4) is 5.75 Å². The third-order valence-electron chi connectivity index (χ3n) is 6.69. The average Bonchev–Trinajstić information content (AvgIpc) is 2.66. The SMILES string of the molecule is CC12OCC(COc3cc(C4OCC4(C)C)cc(C4OCC4(C)C)c3)(CO1)CO2. The standard InChI is InChI=1S/C23H32O6/c1-20(2)9-25-18(20)15-6-16(19-21(3,4)10-26-19)8-17(7-15)24-11-23-12-27-22(5,28-13-23)29-14-23/h6-8,18-19H,9-14H2,1-5H3. The van der Waals surface area contributed by atoms with E-state index < -0.39 is 5.97 Å². The third-order valence-corrected chi connectivity index (χ3v) is 6.69. The molecule has 5 aliphatic rings. The Morgan fingerprint density at radius 1 is 0.759 bits per heavy atom. The van der Waals surface area contributed by atoms with Crippen molar-refractivity contribution in [1.29, 1.82) is 0 Å². The van der Waals surface area contributed by atoms with E-state index in [9.17, 15) is 0 Å². The minimum Gasteiger partial charge on any atom is -0.493 e. The summed E-state index contributed by atoms with van der Waals surface area (Å²) in [6, 6.07) is 6.44. The zero-order valence-electron chi connectivity index (χ0n) is 18.1. The van der Waals surface area contributed by atoms with Crippen LogP contribution >= 0.6 is 0 Å². The van der Waals surface area contributed by atoms with Gasteiger partial charge in [0.15, 0.2) is 0 Å². The Morgan fingerprint density at radius 3 is 1.62 bits per heavy atom. The van der Waals surface area contributed by atoms with E-state index in [1.165, 1.54) is 0 Å². The second-order valence-corrected chi connectivity index (χ2v) is 10.7. The molecule has 0 spiro atoms. The first-order valence-corrected chi connectivity index (χ1v) is 10.5. The molecule has 0 amide bonds. The quantitative estimate of drug-likeness (QED) is 0.739. The zero-order valence-corrected chi connectivity index (χ0v) is 18.1. The molecule has 0 radical (unpaired) electrons. The molecule has 6 heteroatoms. The Labute approximate surface area is 172 Å². The number of hydrogen-bond acceptors (Lipinski definition) is 6. The highest BCUT2D eigenvalue weighted by atomic mass is 16.9. The van der Waals surface area contributed by atoms with Gasteiger partial charge in [-0.05, 0) is 23.3 Å². The fraction of sp³-hybridized carbons (Fsp3) is 0.739. The fourth-order valence-corrected chi connectivity index (χ4v) is 4.59. The number of hydrogen-bond donors (Lipinski definition) is 0. The van der Waals surface area contributed by atoms with Crippen LogP contribution in [0.4, 0.5) is 0 Å². The van der Waals surface area contributed by atoms with Crippen LogP contribution in [0.15, 0.2) is 18.2 Å². The van der Waals surface area contributed by atoms with E-state index in [2.05, 4.69) is 45.9 Å². The predicted molar refractivity (Wildman–Crippen MR) is 106 cm³/mol. The van der Waals surface area contributed by atoms with Gasteiger partial charge in [-0.2, -0.15) is 0 Å². The molecule has 5 heterocycles. The van der Waals surface area contributed by atoms with Gasteiger partial charge < -0.3 is 28.4 Å². The lowest BCUT2D eigenvalue weighted by atomic mass is 9.75. The molecular formula is C23H32O6. The predicted octanol–water partition coefficient (Wildman–Crippen LogP) is 4.00. The van der Waals surface area contributed by atoms with Crippen molar-refractivity contribution < 1.29 is 28.4 Å². The van der Waals surface area contributed by atoms with Crippen LogP contribution in [-0.2, 0) is 23.7 Å². The molecule has 0 aliphatic carbocycles. The lowest BCUT2D eigenvalue weighted by molar-refractivity contribution is -0.461. The van der Waals surface area contributed by atoms with E-state index in [1.54, 1.807) is 0 Å². The number of fused-ring (bicyclic) bond motifs is 3. The van der Waals surface area contributed by atoms with Gasteiger partial charge in [-0.3, -0.25) is 0 Å². The Balaban J connectivity index is 1.38. The van der Waals surface area contributed by atoms with Gasteiger partial charge in [0.2, 0.25) is 0 Å². The van der Waals surface area contributed by atoms with Crippen LogP contribution in [0.5, 0.6) is 5.75 Å². The lowest BCUT2D eigenvalue weighted by Gasteiger charge is -2.50. The second kappa shape index (κ2) is 6.41. The molecule has 1 aromatic rings. The molecule has 2 bridgehead atoms. The van der Waals surface area contributed by atoms with E-state index >= 15 is 0 Å². The summed E-state index contributed by atoms with van der Waals surface area (Å²) in [5.41, 5.74) is 2.28. The molecule has 2 unspecified atom stereocenters. The van der Waals surface area contributed by atoms with Crippen LogP contribution in [-0.4, -0.2) is 45.6 Å². The monoisotopic (exact) mass is 404 g/mol. The van der Waals surface area contributed by atoms with Crippen LogP contribution in [0, 0.1) is 16.2 Å². The summed E-state index contributed by atoms with van der Waals surface area (Å²) in [6.45, 7) is 14.5. The number of ether oxygens (including phenoxy) is 6. The summed E-state index contributed by atoms with van der Waals surface area (Å²) < 4.78 is 35.3. The van der Waals surface area contributed by atoms with Gasteiger partial charge >= 0.3 is 0 Å². The highest BCUT2D eigenvalue weighted by Crippen LogP contribution is 2.50. The zero-order chi connectivity index (χ0) is 20.5. The highest BCUT2D eigenvalue weighted by molar-refractivity contribution is 5.39. The van der Waals surface area contributed by atoms with Gasteiger partial charge in [0.1, 0.15) is 12.4 Å². The summed E-state index contributed by atoms with van der Waals surface area (Å²) in [7, 11) is 0. The maximum atomic E-state index is 6.30. The van der Waals surface area contributed by atoms with Crippen molar-refractivity contribution in [2.45, 2.75) is 52.8 Å². The van der Waals surface area contributed by atoms with Crippen LogP contribution in [0.25, 0.3) is 0 Å². The minimum atomic E-state index is -0.894. The van der Waals surface area contributed by atoms with Crippen molar-refractivity contribution in [2.75, 3.05) is 39.6 Å². The molecule has 0 N–H and O–H groups in total. The van der Waals surface area contributed by atoms with Crippen LogP contribution in [0.1, 0.15) is 58.0 Å². The molecule has 5 aliphatic heterocycles. The number of rotatable bonds is 5. The second-order valence-electron chi connectivity index (χ2n) is 10.7. The van der Waals surface area contributed by atoms with E-state index in [-0.39, 0.29) is 28.5 Å². The van der Waals surface area contributed by atoms with Crippen molar-refractivity contribution in [3.05, 3.63) is 29.3 Å². The Hall–Kier alpha value is -1.18. The summed E-state index contributed by atoms with van der Waals surface area (Å²) in [4.78, 5) is 0. The Morgan fingerprint density at radius 2 is 1.24 bits per heavy atom. The smallest absolute Gasteiger partial charge is 0.279 e. The molecule has 6 rings (SSSR count). The van der Waals surface area contributed by atoms with Gasteiger partial charge in [0, 0.05) is 17.8 Å². The molecule has 0 aromatic heterocycles. The molecule has 5 saturated heterocycles. The third kappa shape index (κ3) is 3.39. The number of benzene rings is 1. The van der Waals surface area contributed by atoms with E-state index in [4.69, 9.17) is 28.4 Å². The summed E-state index contributed by atoms with van der Waals surface area (Å²) >= 11 is 0. The summed E-state index contributed by atoms with van der Waals surface area (Å²) in [5.74, 6) is -0.0573. The molecular weight excluding hydrogens is 372 g/mol. The van der Waals surface area contributed by atoms with E-state index in [0.717, 1.165) is 30.1 Å². The minimum absolute atomic E-state index is 0.0752. The van der Waals surface area contributed by atoms with Gasteiger partial charge in [0.05, 0.1) is 50.7 Å². The van der Waals surface area contributed by atoms with Gasteiger partial charge in [-0.1, -0.05) is 33.8 Å². The van der Waals surface area contributed by atoms with E-state index in [0.29, 0.717) is 26.4 Å². The molecule has 160 valence electrons. The maximum absolute atomic E-state index is 6.30. The molecule has 0 saturated carbocycles. The van der Waals surface area contributed by atoms with Crippen molar-refractivity contribution >= 4 is 0 Å². The molecule has 5 fully saturated rings. The molecule has 6 nitrogen and oxygen atoms in total. The van der Waals surface area contributed by atoms with Crippen molar-refractivity contribution in [2.24, 2.45) is 16.2 Å². The molecule has 29 heavy (non-hydrogen) atoms. The molecule has 2 atom stereocenters. The van der Waals surface area contributed by atoms with Crippen LogP contribution in [0.3, 0.4) is 0 Å². The van der Waals surface area contributed by atoms with Crippen LogP contribution < -0.4 is 4.74 Å². The first-order valence-electron chi connectivity index (χ1n) is 10.5. The topological polar surface area (TPSA) is 55.4 Å². The summed E-state index contributed by atoms with van der Waals surface area (Å²) in [6.07, 6.45) is 0.150. The summed E-state index contributed by atoms with van der Waals surface area (Å²) in [5, 5.41) is 0. The lowest BCUT2D eigenvalue weighted by Crippen LogP contribution is -2.60. The van der Waals surface area contributed by atoms with E-state index in [1.807, 2.05) is 6.92 Å². The average molecular weight is 405 g/mol. The van der Waals surface area contributed by atoms with Crippen molar-refractivity contribution in [1.82, 2.24) is 0 Å². The normalized spacial score (nSPS) is 39.5. The highest BCUT2D eigenvalue weighted by Gasteiger charge is 2.51. The van der Waals surface area contributed by atoms with Gasteiger partial charge in [-0.25, -0.2) is 0 Å². The van der Waals surface area contributed by atoms with Crippen molar-refractivity contribution in [3.63, 3.8) is 0 Å². The van der Waals surface area contributed by atoms with Crippen LogP contribution in [0.2, 0.25) is 0 Å². The Bertz CT molecular complexity index is 734.